The van der Waals surface area contributed by atoms with Crippen LogP contribution in [-0.2, 0) is 0 Å². The van der Waals surface area contributed by atoms with Crippen LogP contribution in [-0.4, -0.2) is 16.2 Å². The zero-order chi connectivity index (χ0) is 19.7. The number of phenolic OH excluding ortho intramolecular Hbond substituents is 2. The summed E-state index contributed by atoms with van der Waals surface area (Å²) >= 11 is 0. The quantitative estimate of drug-likeness (QED) is 0.318. The minimum absolute atomic E-state index is 0.198. The molecule has 28 heavy (non-hydrogen) atoms. The molecule has 6 heteroatoms. The van der Waals surface area contributed by atoms with E-state index in [1.54, 1.807) is 54.6 Å². The first-order valence-corrected chi connectivity index (χ1v) is 8.40. The zero-order valence-electron chi connectivity index (χ0n) is 14.5. The number of fused-ring (bicyclic) bond motifs is 1. The lowest BCUT2D eigenvalue weighted by molar-refractivity contribution is 0.0729. The highest BCUT2D eigenvalue weighted by Gasteiger charge is 2.21. The molecule has 1 heterocycles. The Hall–Kier alpha value is -4.06. The highest BCUT2D eigenvalue weighted by molar-refractivity contribution is 5.95. The normalized spacial score (nSPS) is 10.7. The molecule has 0 aliphatic carbocycles. The Morgan fingerprint density at radius 3 is 2.21 bits per heavy atom. The van der Waals surface area contributed by atoms with Crippen LogP contribution in [0.25, 0.3) is 22.3 Å². The average molecular weight is 374 g/mol. The number of benzene rings is 3. The Morgan fingerprint density at radius 2 is 1.54 bits per heavy atom. The third-order valence-corrected chi connectivity index (χ3v) is 4.19. The second kappa shape index (κ2) is 6.92. The number of carbonyl (C=O) groups excluding carboxylic acids is 1. The van der Waals surface area contributed by atoms with Gasteiger partial charge in [0.05, 0.1) is 5.56 Å². The number of esters is 1. The third kappa shape index (κ3) is 3.07. The molecule has 0 fully saturated rings. The van der Waals surface area contributed by atoms with Gasteiger partial charge in [-0.1, -0.05) is 48.5 Å². The van der Waals surface area contributed by atoms with Crippen LogP contribution in [0.4, 0.5) is 0 Å². The monoisotopic (exact) mass is 374 g/mol. The molecule has 0 radical (unpaired) electrons. The van der Waals surface area contributed by atoms with Crippen molar-refractivity contribution in [1.82, 2.24) is 0 Å². The maximum Gasteiger partial charge on any atom is 0.343 e. The van der Waals surface area contributed by atoms with Crippen LogP contribution in [0.2, 0.25) is 0 Å². The van der Waals surface area contributed by atoms with Crippen molar-refractivity contribution in [1.29, 1.82) is 0 Å². The maximum absolute atomic E-state index is 12.5. The van der Waals surface area contributed by atoms with E-state index in [-0.39, 0.29) is 28.0 Å². The minimum atomic E-state index is -0.726. The molecule has 0 saturated carbocycles. The zero-order valence-corrected chi connectivity index (χ0v) is 14.5. The van der Waals surface area contributed by atoms with Crippen molar-refractivity contribution >= 4 is 16.9 Å². The number of ether oxygens (including phenoxy) is 1. The van der Waals surface area contributed by atoms with Gasteiger partial charge in [0.25, 0.3) is 0 Å². The van der Waals surface area contributed by atoms with Crippen molar-refractivity contribution in [2.45, 2.75) is 0 Å². The van der Waals surface area contributed by atoms with Gasteiger partial charge >= 0.3 is 5.97 Å². The van der Waals surface area contributed by atoms with Gasteiger partial charge in [-0.05, 0) is 12.1 Å². The summed E-state index contributed by atoms with van der Waals surface area (Å²) in [5.41, 5.74) is 0.0871. The van der Waals surface area contributed by atoms with E-state index in [2.05, 4.69) is 0 Å². The molecule has 3 aromatic carbocycles. The predicted octanol–water partition coefficient (Wildman–Crippen LogP) is 4.09. The van der Waals surface area contributed by atoms with Crippen LogP contribution in [0.1, 0.15) is 10.4 Å². The van der Waals surface area contributed by atoms with Gasteiger partial charge in [0, 0.05) is 17.7 Å². The fourth-order valence-electron chi connectivity index (χ4n) is 2.83. The van der Waals surface area contributed by atoms with Gasteiger partial charge in [-0.25, -0.2) is 4.79 Å². The number of rotatable bonds is 3. The summed E-state index contributed by atoms with van der Waals surface area (Å²) in [5, 5.41) is 20.6. The molecule has 0 aliphatic rings. The number of hydrogen-bond acceptors (Lipinski definition) is 6. The topological polar surface area (TPSA) is 97.0 Å². The number of carbonyl (C=O) groups is 1. The maximum atomic E-state index is 12.5. The van der Waals surface area contributed by atoms with Gasteiger partial charge < -0.3 is 19.4 Å². The van der Waals surface area contributed by atoms with Crippen molar-refractivity contribution in [2.24, 2.45) is 0 Å². The molecule has 0 atom stereocenters. The first-order valence-electron chi connectivity index (χ1n) is 8.40. The Balaban J connectivity index is 1.84. The van der Waals surface area contributed by atoms with Crippen LogP contribution >= 0.6 is 0 Å². The molecule has 0 saturated heterocycles. The second-order valence-corrected chi connectivity index (χ2v) is 6.04. The van der Waals surface area contributed by atoms with E-state index in [0.717, 1.165) is 6.07 Å². The molecular weight excluding hydrogens is 360 g/mol. The number of aromatic hydroxyl groups is 2. The molecule has 0 spiro atoms. The predicted molar refractivity (Wildman–Crippen MR) is 103 cm³/mol. The Kier molecular flexibility index (Phi) is 4.29. The molecule has 0 amide bonds. The first-order chi connectivity index (χ1) is 13.5. The highest BCUT2D eigenvalue weighted by atomic mass is 16.5. The van der Waals surface area contributed by atoms with Crippen LogP contribution in [0.5, 0.6) is 17.2 Å². The summed E-state index contributed by atoms with van der Waals surface area (Å²) in [4.78, 5) is 24.7. The molecule has 6 nitrogen and oxygen atoms in total. The summed E-state index contributed by atoms with van der Waals surface area (Å²) in [6, 6.07) is 19.2. The van der Waals surface area contributed by atoms with Gasteiger partial charge in [-0.15, -0.1) is 0 Å². The van der Waals surface area contributed by atoms with Crippen LogP contribution < -0.4 is 10.2 Å². The van der Waals surface area contributed by atoms with E-state index in [4.69, 9.17) is 9.15 Å². The van der Waals surface area contributed by atoms with E-state index in [1.807, 2.05) is 6.07 Å². The molecular formula is C22H14O6. The first kappa shape index (κ1) is 17.4. The van der Waals surface area contributed by atoms with E-state index in [0.29, 0.717) is 5.56 Å². The lowest BCUT2D eigenvalue weighted by Gasteiger charge is -2.10. The van der Waals surface area contributed by atoms with Crippen LogP contribution in [0.3, 0.4) is 0 Å². The van der Waals surface area contributed by atoms with Crippen molar-refractivity contribution in [3.63, 3.8) is 0 Å². The largest absolute Gasteiger partial charge is 0.507 e. The molecule has 138 valence electrons. The van der Waals surface area contributed by atoms with E-state index in [1.165, 1.54) is 6.07 Å². The summed E-state index contributed by atoms with van der Waals surface area (Å²) in [6.07, 6.45) is 0. The summed E-state index contributed by atoms with van der Waals surface area (Å²) in [7, 11) is 0. The van der Waals surface area contributed by atoms with Crippen molar-refractivity contribution < 1.29 is 24.2 Å². The number of hydrogen-bond donors (Lipinski definition) is 2. The summed E-state index contributed by atoms with van der Waals surface area (Å²) in [6.45, 7) is 0. The lowest BCUT2D eigenvalue weighted by Crippen LogP contribution is -2.09. The van der Waals surface area contributed by atoms with Gasteiger partial charge in [0.1, 0.15) is 16.9 Å². The molecule has 1 aromatic heterocycles. The van der Waals surface area contributed by atoms with Gasteiger partial charge in [0.2, 0.25) is 5.75 Å². The molecule has 4 rings (SSSR count). The SMILES string of the molecule is O=C(Oc1cc(O)c2c(=O)cc(-c3ccccc3)oc2c1O)c1ccccc1. The van der Waals surface area contributed by atoms with Gasteiger partial charge in [-0.3, -0.25) is 4.79 Å². The molecule has 4 aromatic rings. The van der Waals surface area contributed by atoms with E-state index in [9.17, 15) is 19.8 Å². The van der Waals surface area contributed by atoms with Crippen molar-refractivity contribution in [3.05, 3.63) is 88.6 Å². The molecule has 0 unspecified atom stereocenters. The van der Waals surface area contributed by atoms with Gasteiger partial charge in [0.15, 0.2) is 16.8 Å². The fraction of sp³-hybridized carbons (Fsp3) is 0. The molecule has 0 bridgehead atoms. The van der Waals surface area contributed by atoms with Crippen molar-refractivity contribution in [3.8, 4) is 28.6 Å². The summed E-state index contributed by atoms with van der Waals surface area (Å²) in [5.74, 6) is -1.84. The second-order valence-electron chi connectivity index (χ2n) is 6.04. The molecule has 2 N–H and O–H groups in total. The summed E-state index contributed by atoms with van der Waals surface area (Å²) < 4.78 is 10.9. The lowest BCUT2D eigenvalue weighted by atomic mass is 10.1. The van der Waals surface area contributed by atoms with E-state index < -0.39 is 22.9 Å². The third-order valence-electron chi connectivity index (χ3n) is 4.19. The van der Waals surface area contributed by atoms with Crippen LogP contribution in [0.15, 0.2) is 82.0 Å². The van der Waals surface area contributed by atoms with Crippen molar-refractivity contribution in [2.75, 3.05) is 0 Å². The fourth-order valence-corrected chi connectivity index (χ4v) is 2.83. The Bertz CT molecular complexity index is 1230. The molecule has 0 aliphatic heterocycles. The standard InChI is InChI=1S/C22H14O6/c23-15-11-17(13-7-3-1-4-8-13)27-21-19(15)16(24)12-18(20(21)25)28-22(26)14-9-5-2-6-10-14/h1-12,24-25H. The number of phenols is 2. The highest BCUT2D eigenvalue weighted by Crippen LogP contribution is 2.40. The van der Waals surface area contributed by atoms with Gasteiger partial charge in [-0.2, -0.15) is 0 Å². The van der Waals surface area contributed by atoms with E-state index >= 15 is 0 Å². The van der Waals surface area contributed by atoms with Crippen LogP contribution in [0, 0.1) is 0 Å². The Morgan fingerprint density at radius 1 is 0.893 bits per heavy atom. The minimum Gasteiger partial charge on any atom is -0.507 e. The Labute approximate surface area is 158 Å². The smallest absolute Gasteiger partial charge is 0.343 e. The average Bonchev–Trinajstić information content (AvgIpc) is 2.72.